The number of hydrogen-bond donors (Lipinski definition) is 1. The van der Waals surface area contributed by atoms with E-state index in [-0.39, 0.29) is 6.04 Å². The van der Waals surface area contributed by atoms with Crippen molar-refractivity contribution in [3.63, 3.8) is 0 Å². The van der Waals surface area contributed by atoms with Gasteiger partial charge >= 0.3 is 0 Å². The van der Waals surface area contributed by atoms with E-state index in [2.05, 4.69) is 64.6 Å². The normalized spacial score (nSPS) is 13.5. The minimum atomic E-state index is 0.104. The average Bonchev–Trinajstić information content (AvgIpc) is 2.30. The predicted octanol–water partition coefficient (Wildman–Crippen LogP) is 3.92. The highest BCUT2D eigenvalue weighted by Crippen LogP contribution is 2.17. The second-order valence-corrected chi connectivity index (χ2v) is 6.96. The molecule has 0 aliphatic carbocycles. The maximum atomic E-state index is 6.42. The molecule has 0 amide bonds. The van der Waals surface area contributed by atoms with E-state index in [0.717, 1.165) is 19.6 Å². The summed E-state index contributed by atoms with van der Waals surface area (Å²) in [5, 5.41) is 0. The van der Waals surface area contributed by atoms with E-state index >= 15 is 0 Å². The summed E-state index contributed by atoms with van der Waals surface area (Å²) in [7, 11) is 0. The third-order valence-corrected chi connectivity index (χ3v) is 3.66. The average molecular weight is 276 g/mol. The maximum absolute atomic E-state index is 6.42. The molecule has 0 spiro atoms. The zero-order valence-electron chi connectivity index (χ0n) is 14.1. The van der Waals surface area contributed by atoms with E-state index in [1.807, 2.05) is 0 Å². The number of nitrogens with two attached hydrogens (primary N) is 1. The van der Waals surface area contributed by atoms with Gasteiger partial charge in [0, 0.05) is 25.7 Å². The Labute approximate surface area is 125 Å². The lowest BCUT2D eigenvalue weighted by Gasteiger charge is -2.29. The topological polar surface area (TPSA) is 29.3 Å². The van der Waals surface area contributed by atoms with Gasteiger partial charge in [-0.2, -0.15) is 0 Å². The number of nitrogens with zero attached hydrogens (tertiary/aromatic N) is 1. The number of benzene rings is 1. The molecule has 0 radical (unpaired) electrons. The van der Waals surface area contributed by atoms with Crippen LogP contribution in [0.2, 0.25) is 0 Å². The number of hydrogen-bond acceptors (Lipinski definition) is 2. The maximum Gasteiger partial charge on any atom is 0.0424 e. The number of aryl methyl sites for hydroxylation is 2. The van der Waals surface area contributed by atoms with E-state index in [4.69, 9.17) is 5.73 Å². The van der Waals surface area contributed by atoms with Gasteiger partial charge in [0.2, 0.25) is 0 Å². The van der Waals surface area contributed by atoms with Crippen molar-refractivity contribution in [2.45, 2.75) is 47.6 Å². The van der Waals surface area contributed by atoms with Gasteiger partial charge in [0.1, 0.15) is 0 Å². The summed E-state index contributed by atoms with van der Waals surface area (Å²) in [4.78, 5) is 2.51. The van der Waals surface area contributed by atoms with Crippen LogP contribution in [-0.2, 0) is 0 Å². The third kappa shape index (κ3) is 5.64. The molecule has 20 heavy (non-hydrogen) atoms. The van der Waals surface area contributed by atoms with Crippen molar-refractivity contribution >= 4 is 0 Å². The van der Waals surface area contributed by atoms with Gasteiger partial charge in [0.05, 0.1) is 0 Å². The van der Waals surface area contributed by atoms with E-state index in [0.29, 0.717) is 11.8 Å². The van der Waals surface area contributed by atoms with Crippen LogP contribution in [-0.4, -0.2) is 24.5 Å². The van der Waals surface area contributed by atoms with Crippen LogP contribution in [0.5, 0.6) is 0 Å². The Morgan fingerprint density at radius 2 is 1.45 bits per heavy atom. The van der Waals surface area contributed by atoms with Crippen LogP contribution in [0.25, 0.3) is 0 Å². The second kappa shape index (κ2) is 7.80. The summed E-state index contributed by atoms with van der Waals surface area (Å²) in [5.41, 5.74) is 10.3. The molecule has 0 bridgehead atoms. The van der Waals surface area contributed by atoms with Gasteiger partial charge in [-0.3, -0.25) is 0 Å². The summed E-state index contributed by atoms with van der Waals surface area (Å²) >= 11 is 0. The second-order valence-electron chi connectivity index (χ2n) is 6.96. The molecule has 1 rings (SSSR count). The highest BCUT2D eigenvalue weighted by Gasteiger charge is 2.15. The minimum absolute atomic E-state index is 0.104. The molecule has 2 nitrogen and oxygen atoms in total. The number of rotatable bonds is 7. The Hall–Kier alpha value is -0.860. The smallest absolute Gasteiger partial charge is 0.0424 e. The molecular formula is C18H32N2. The van der Waals surface area contributed by atoms with Gasteiger partial charge in [0.25, 0.3) is 0 Å². The van der Waals surface area contributed by atoms with Gasteiger partial charge in [0.15, 0.2) is 0 Å². The molecule has 2 heteroatoms. The third-order valence-electron chi connectivity index (χ3n) is 3.66. The molecule has 0 aliphatic heterocycles. The first-order chi connectivity index (χ1) is 9.29. The van der Waals surface area contributed by atoms with Crippen LogP contribution < -0.4 is 5.73 Å². The van der Waals surface area contributed by atoms with Crippen molar-refractivity contribution in [1.29, 1.82) is 0 Å². The molecule has 0 aromatic heterocycles. The quantitative estimate of drug-likeness (QED) is 0.818. The Balaban J connectivity index is 2.73. The van der Waals surface area contributed by atoms with Crippen LogP contribution >= 0.6 is 0 Å². The molecule has 114 valence electrons. The van der Waals surface area contributed by atoms with E-state index < -0.39 is 0 Å². The van der Waals surface area contributed by atoms with Crippen LogP contribution in [0.15, 0.2) is 18.2 Å². The predicted molar refractivity (Wildman–Crippen MR) is 89.0 cm³/mol. The first-order valence-electron chi connectivity index (χ1n) is 7.84. The lowest BCUT2D eigenvalue weighted by molar-refractivity contribution is 0.207. The van der Waals surface area contributed by atoms with E-state index in [1.165, 1.54) is 16.7 Å². The fourth-order valence-corrected chi connectivity index (χ4v) is 2.64. The molecule has 0 heterocycles. The van der Waals surface area contributed by atoms with Crippen LogP contribution in [0.1, 0.15) is 50.4 Å². The van der Waals surface area contributed by atoms with Gasteiger partial charge in [-0.05, 0) is 42.4 Å². The van der Waals surface area contributed by atoms with Crippen LogP contribution in [0.4, 0.5) is 0 Å². The molecule has 1 atom stereocenters. The fourth-order valence-electron chi connectivity index (χ4n) is 2.64. The van der Waals surface area contributed by atoms with E-state index in [1.54, 1.807) is 0 Å². The SMILES string of the molecule is Cc1ccc(C(N)CN(CC(C)C)CC(C)C)cc1C. The lowest BCUT2D eigenvalue weighted by Crippen LogP contribution is -2.37. The Kier molecular flexibility index (Phi) is 6.70. The first kappa shape index (κ1) is 17.2. The van der Waals surface area contributed by atoms with Crippen LogP contribution in [0.3, 0.4) is 0 Å². The summed E-state index contributed by atoms with van der Waals surface area (Å²) < 4.78 is 0. The molecule has 0 saturated carbocycles. The molecule has 1 unspecified atom stereocenters. The summed E-state index contributed by atoms with van der Waals surface area (Å²) in [6.07, 6.45) is 0. The van der Waals surface area contributed by atoms with Crippen molar-refractivity contribution in [1.82, 2.24) is 4.90 Å². The van der Waals surface area contributed by atoms with Gasteiger partial charge in [-0.1, -0.05) is 45.9 Å². The van der Waals surface area contributed by atoms with E-state index in [9.17, 15) is 0 Å². The molecule has 0 saturated heterocycles. The van der Waals surface area contributed by atoms with Gasteiger partial charge in [-0.25, -0.2) is 0 Å². The highest BCUT2D eigenvalue weighted by atomic mass is 15.1. The van der Waals surface area contributed by atoms with Gasteiger partial charge in [-0.15, -0.1) is 0 Å². The lowest BCUT2D eigenvalue weighted by atomic mass is 10.0. The molecule has 2 N–H and O–H groups in total. The van der Waals surface area contributed by atoms with Crippen molar-refractivity contribution in [2.24, 2.45) is 17.6 Å². The standard InChI is InChI=1S/C18H32N2/c1-13(2)10-20(11-14(3)4)12-18(19)17-8-7-15(5)16(6)9-17/h7-9,13-14,18H,10-12,19H2,1-6H3. The summed E-state index contributed by atoms with van der Waals surface area (Å²) in [6.45, 7) is 16.6. The van der Waals surface area contributed by atoms with Gasteiger partial charge < -0.3 is 10.6 Å². The van der Waals surface area contributed by atoms with Crippen molar-refractivity contribution in [3.8, 4) is 0 Å². The first-order valence-corrected chi connectivity index (χ1v) is 7.84. The highest BCUT2D eigenvalue weighted by molar-refractivity contribution is 5.31. The van der Waals surface area contributed by atoms with Crippen molar-refractivity contribution in [3.05, 3.63) is 34.9 Å². The summed E-state index contributed by atoms with van der Waals surface area (Å²) in [6, 6.07) is 6.70. The molecular weight excluding hydrogens is 244 g/mol. The van der Waals surface area contributed by atoms with Crippen molar-refractivity contribution < 1.29 is 0 Å². The Morgan fingerprint density at radius 1 is 0.900 bits per heavy atom. The zero-order valence-corrected chi connectivity index (χ0v) is 14.1. The monoisotopic (exact) mass is 276 g/mol. The largest absolute Gasteiger partial charge is 0.323 e. The molecule has 1 aromatic rings. The minimum Gasteiger partial charge on any atom is -0.323 e. The summed E-state index contributed by atoms with van der Waals surface area (Å²) in [5.74, 6) is 1.36. The Morgan fingerprint density at radius 3 is 1.90 bits per heavy atom. The van der Waals surface area contributed by atoms with Crippen molar-refractivity contribution in [2.75, 3.05) is 19.6 Å². The van der Waals surface area contributed by atoms with Crippen LogP contribution in [0, 0.1) is 25.7 Å². The Bertz CT molecular complexity index is 400. The fraction of sp³-hybridized carbons (Fsp3) is 0.667. The molecule has 0 fully saturated rings. The molecule has 1 aromatic carbocycles. The zero-order chi connectivity index (χ0) is 15.3. The molecule has 0 aliphatic rings.